The van der Waals surface area contributed by atoms with Gasteiger partial charge in [-0.3, -0.25) is 9.59 Å². The van der Waals surface area contributed by atoms with Gasteiger partial charge in [0.1, 0.15) is 11.5 Å². The molecular weight excluding hydrogens is 392 g/mol. The average Bonchev–Trinajstić information content (AvgIpc) is 3.07. The number of phenols is 2. The average molecular weight is 407 g/mol. The van der Waals surface area contributed by atoms with Crippen molar-refractivity contribution in [2.45, 2.75) is 18.4 Å². The molecule has 144 valence electrons. The Balaban J connectivity index is 1.81. The minimum absolute atomic E-state index is 0.0896. The molecule has 0 fully saturated rings. The van der Waals surface area contributed by atoms with Crippen LogP contribution in [0.5, 0.6) is 11.5 Å². The van der Waals surface area contributed by atoms with Crippen molar-refractivity contribution in [2.24, 2.45) is 0 Å². The van der Waals surface area contributed by atoms with Crippen LogP contribution in [0.1, 0.15) is 67.0 Å². The summed E-state index contributed by atoms with van der Waals surface area (Å²) in [7, 11) is 0. The zero-order valence-electron chi connectivity index (χ0n) is 15.0. The summed E-state index contributed by atoms with van der Waals surface area (Å²) in [5.41, 5.74) is 0.959. The largest absolute Gasteiger partial charge is 0.507 e. The summed E-state index contributed by atoms with van der Waals surface area (Å²) in [5, 5.41) is 33.1. The van der Waals surface area contributed by atoms with Crippen LogP contribution in [-0.4, -0.2) is 26.9 Å². The van der Waals surface area contributed by atoms with E-state index in [0.717, 1.165) is 5.56 Å². The third kappa shape index (κ3) is 2.38. The second kappa shape index (κ2) is 6.17. The van der Waals surface area contributed by atoms with Gasteiger partial charge in [-0.05, 0) is 24.1 Å². The molecule has 0 aromatic heterocycles. The number of carbonyl (C=O) groups is 2. The van der Waals surface area contributed by atoms with Crippen molar-refractivity contribution in [1.82, 2.24) is 0 Å². The van der Waals surface area contributed by atoms with Crippen molar-refractivity contribution in [3.8, 4) is 11.5 Å². The Morgan fingerprint density at radius 2 is 1.41 bits per heavy atom. The molecule has 2 aliphatic carbocycles. The molecule has 0 radical (unpaired) electrons. The van der Waals surface area contributed by atoms with Crippen LogP contribution in [0.3, 0.4) is 0 Å². The topological polar surface area (TPSA) is 94.8 Å². The molecule has 2 atom stereocenters. The predicted octanol–water partition coefficient (Wildman–Crippen LogP) is 4.10. The number of phenolic OH excluding ortho intramolecular Hbond substituents is 2. The molecule has 0 saturated carbocycles. The number of benzene rings is 3. The van der Waals surface area contributed by atoms with Gasteiger partial charge >= 0.3 is 0 Å². The molecule has 6 heteroatoms. The third-order valence-electron chi connectivity index (χ3n) is 5.79. The summed E-state index contributed by atoms with van der Waals surface area (Å²) in [6.07, 6.45) is -0.903. The molecule has 0 heterocycles. The fraction of sp³-hybridized carbons (Fsp3) is 0.130. The van der Waals surface area contributed by atoms with E-state index in [4.69, 9.17) is 11.6 Å². The van der Waals surface area contributed by atoms with Gasteiger partial charge < -0.3 is 15.3 Å². The van der Waals surface area contributed by atoms with Gasteiger partial charge in [0.05, 0.1) is 17.2 Å². The van der Waals surface area contributed by atoms with Gasteiger partial charge in [-0.2, -0.15) is 0 Å². The number of fused-ring (bicyclic) bond motifs is 3. The number of hydrogen-bond donors (Lipinski definition) is 3. The first kappa shape index (κ1) is 17.9. The zero-order valence-corrected chi connectivity index (χ0v) is 15.8. The fourth-order valence-electron chi connectivity index (χ4n) is 4.53. The lowest BCUT2D eigenvalue weighted by atomic mass is 9.79. The Hall–Kier alpha value is -3.15. The first-order valence-corrected chi connectivity index (χ1v) is 9.51. The van der Waals surface area contributed by atoms with Crippen LogP contribution >= 0.6 is 11.6 Å². The van der Waals surface area contributed by atoms with Crippen molar-refractivity contribution in [2.75, 3.05) is 0 Å². The van der Waals surface area contributed by atoms with Crippen molar-refractivity contribution >= 4 is 23.2 Å². The van der Waals surface area contributed by atoms with Gasteiger partial charge in [0.15, 0.2) is 11.6 Å². The molecule has 0 spiro atoms. The Kier molecular flexibility index (Phi) is 3.81. The zero-order chi connectivity index (χ0) is 20.4. The van der Waals surface area contributed by atoms with Gasteiger partial charge in [-0.25, -0.2) is 0 Å². The number of halogens is 1. The highest BCUT2D eigenvalue weighted by molar-refractivity contribution is 6.31. The molecular formula is C23H15ClO5. The van der Waals surface area contributed by atoms with Crippen molar-refractivity contribution in [3.05, 3.63) is 92.5 Å². The Bertz CT molecular complexity index is 1230. The van der Waals surface area contributed by atoms with Crippen LogP contribution in [0.4, 0.5) is 0 Å². The minimum Gasteiger partial charge on any atom is -0.507 e. The Morgan fingerprint density at radius 1 is 0.828 bits per heavy atom. The minimum atomic E-state index is -1.09. The van der Waals surface area contributed by atoms with E-state index in [0.29, 0.717) is 5.02 Å². The van der Waals surface area contributed by atoms with Gasteiger partial charge in [-0.15, -0.1) is 0 Å². The smallest absolute Gasteiger partial charge is 0.198 e. The van der Waals surface area contributed by atoms with Crippen LogP contribution < -0.4 is 0 Å². The standard InChI is InChI=1S/C23H15ClO5/c24-11-5-3-4-10(8-11)14-9-15(25)17-16(14)22(28)18-19(23(17)29)21(27)13-7-2-1-6-12(13)20(18)26/h1-8,14-15,25,28-29H,9H2. The molecule has 2 aliphatic rings. The monoisotopic (exact) mass is 406 g/mol. The molecule has 0 amide bonds. The summed E-state index contributed by atoms with van der Waals surface area (Å²) in [5.74, 6) is -2.38. The van der Waals surface area contributed by atoms with E-state index in [2.05, 4.69) is 0 Å². The summed E-state index contributed by atoms with van der Waals surface area (Å²) in [6.45, 7) is 0. The number of aromatic hydroxyl groups is 2. The molecule has 5 rings (SSSR count). The summed E-state index contributed by atoms with van der Waals surface area (Å²) < 4.78 is 0. The van der Waals surface area contributed by atoms with Gasteiger partial charge in [-0.1, -0.05) is 48.0 Å². The molecule has 3 aromatic carbocycles. The van der Waals surface area contributed by atoms with E-state index in [9.17, 15) is 24.9 Å². The summed E-state index contributed by atoms with van der Waals surface area (Å²) in [4.78, 5) is 26.1. The summed E-state index contributed by atoms with van der Waals surface area (Å²) in [6, 6.07) is 13.3. The first-order valence-electron chi connectivity index (χ1n) is 9.13. The first-order chi connectivity index (χ1) is 13.9. The molecule has 3 N–H and O–H groups in total. The number of rotatable bonds is 1. The number of carbonyl (C=O) groups excluding carboxylic acids is 2. The molecule has 5 nitrogen and oxygen atoms in total. The molecule has 0 saturated heterocycles. The SMILES string of the molecule is O=C1c2ccccc2C(=O)c2c(O)c3c(c(O)c21)C(O)CC3c1cccc(Cl)c1. The van der Waals surface area contributed by atoms with Gasteiger partial charge in [0, 0.05) is 33.2 Å². The van der Waals surface area contributed by atoms with Crippen LogP contribution in [0, 0.1) is 0 Å². The number of aliphatic hydroxyl groups excluding tert-OH is 1. The molecule has 0 bridgehead atoms. The predicted molar refractivity (Wildman–Crippen MR) is 106 cm³/mol. The van der Waals surface area contributed by atoms with Crippen molar-refractivity contribution in [1.29, 1.82) is 0 Å². The van der Waals surface area contributed by atoms with Crippen molar-refractivity contribution < 1.29 is 24.9 Å². The lowest BCUT2D eigenvalue weighted by Crippen LogP contribution is -2.22. The van der Waals surface area contributed by atoms with Crippen LogP contribution in [0.15, 0.2) is 48.5 Å². The van der Waals surface area contributed by atoms with E-state index in [1.165, 1.54) is 12.1 Å². The van der Waals surface area contributed by atoms with E-state index in [1.54, 1.807) is 36.4 Å². The highest BCUT2D eigenvalue weighted by Crippen LogP contribution is 2.55. The Labute approximate surface area is 170 Å². The lowest BCUT2D eigenvalue weighted by molar-refractivity contribution is 0.0973. The lowest BCUT2D eigenvalue weighted by Gasteiger charge is -2.23. The molecule has 29 heavy (non-hydrogen) atoms. The van der Waals surface area contributed by atoms with Gasteiger partial charge in [0.25, 0.3) is 0 Å². The highest BCUT2D eigenvalue weighted by atomic mass is 35.5. The summed E-state index contributed by atoms with van der Waals surface area (Å²) >= 11 is 6.10. The second-order valence-corrected chi connectivity index (χ2v) is 7.77. The molecule has 3 aromatic rings. The molecule has 0 aliphatic heterocycles. The van der Waals surface area contributed by atoms with Crippen LogP contribution in [0.2, 0.25) is 5.02 Å². The Morgan fingerprint density at radius 3 is 2.00 bits per heavy atom. The molecule has 2 unspecified atom stereocenters. The quantitative estimate of drug-likeness (QED) is 0.414. The third-order valence-corrected chi connectivity index (χ3v) is 6.02. The van der Waals surface area contributed by atoms with E-state index >= 15 is 0 Å². The maximum Gasteiger partial charge on any atom is 0.198 e. The van der Waals surface area contributed by atoms with Gasteiger partial charge in [0.2, 0.25) is 0 Å². The van der Waals surface area contributed by atoms with Crippen LogP contribution in [0.25, 0.3) is 0 Å². The fourth-order valence-corrected chi connectivity index (χ4v) is 4.73. The van der Waals surface area contributed by atoms with Crippen molar-refractivity contribution in [3.63, 3.8) is 0 Å². The maximum absolute atomic E-state index is 13.1. The maximum atomic E-state index is 13.1. The van der Waals surface area contributed by atoms with E-state index in [-0.39, 0.29) is 45.6 Å². The number of ketones is 2. The van der Waals surface area contributed by atoms with E-state index in [1.807, 2.05) is 0 Å². The van der Waals surface area contributed by atoms with E-state index < -0.39 is 29.3 Å². The number of hydrogen-bond acceptors (Lipinski definition) is 5. The van der Waals surface area contributed by atoms with Crippen LogP contribution in [-0.2, 0) is 0 Å². The highest BCUT2D eigenvalue weighted by Gasteiger charge is 2.43. The number of aliphatic hydroxyl groups is 1. The normalized spacial score (nSPS) is 19.7. The second-order valence-electron chi connectivity index (χ2n) is 7.34.